The molecule has 0 aliphatic carbocycles. The summed E-state index contributed by atoms with van der Waals surface area (Å²) in [5.74, 6) is -1.83. The highest BCUT2D eigenvalue weighted by atomic mass is 19.4. The molecular weight excluding hydrogens is 281 g/mol. The predicted octanol–water partition coefficient (Wildman–Crippen LogP) is 0.881. The Morgan fingerprint density at radius 3 is 2.70 bits per heavy atom. The number of carboxylic acids is 1. The van der Waals surface area contributed by atoms with Gasteiger partial charge in [-0.2, -0.15) is 13.2 Å². The first kappa shape index (κ1) is 16.0. The van der Waals surface area contributed by atoms with Gasteiger partial charge in [-0.05, 0) is 12.1 Å². The molecule has 0 atom stereocenters. The third-order valence-electron chi connectivity index (χ3n) is 2.17. The van der Waals surface area contributed by atoms with E-state index in [4.69, 9.17) is 5.11 Å². The minimum absolute atomic E-state index is 0.00328. The van der Waals surface area contributed by atoms with Crippen molar-refractivity contribution in [3.63, 3.8) is 0 Å². The molecule has 1 aromatic rings. The van der Waals surface area contributed by atoms with Crippen LogP contribution in [0.1, 0.15) is 10.5 Å². The molecule has 0 saturated carbocycles. The van der Waals surface area contributed by atoms with E-state index in [-0.39, 0.29) is 18.8 Å². The SMILES string of the molecule is O=C(O)COCCNC(=O)c1cccn1CC(F)(F)F. The summed E-state index contributed by atoms with van der Waals surface area (Å²) in [6.45, 7) is -1.79. The van der Waals surface area contributed by atoms with Gasteiger partial charge in [-0.15, -0.1) is 0 Å². The van der Waals surface area contributed by atoms with Gasteiger partial charge in [0.25, 0.3) is 5.91 Å². The Morgan fingerprint density at radius 2 is 2.10 bits per heavy atom. The molecule has 0 saturated heterocycles. The number of hydrogen-bond acceptors (Lipinski definition) is 3. The molecule has 2 N–H and O–H groups in total. The number of rotatable bonds is 7. The zero-order chi connectivity index (χ0) is 15.2. The van der Waals surface area contributed by atoms with Crippen molar-refractivity contribution in [1.82, 2.24) is 9.88 Å². The first-order chi connectivity index (χ1) is 9.29. The highest BCUT2D eigenvalue weighted by molar-refractivity contribution is 5.92. The van der Waals surface area contributed by atoms with Crippen molar-refractivity contribution >= 4 is 11.9 Å². The number of nitrogens with one attached hydrogen (secondary N) is 1. The van der Waals surface area contributed by atoms with Crippen LogP contribution in [0.25, 0.3) is 0 Å². The van der Waals surface area contributed by atoms with E-state index < -0.39 is 31.2 Å². The number of halogens is 3. The lowest BCUT2D eigenvalue weighted by Crippen LogP contribution is -2.31. The molecule has 0 aromatic carbocycles. The zero-order valence-electron chi connectivity index (χ0n) is 10.3. The van der Waals surface area contributed by atoms with E-state index in [1.807, 2.05) is 0 Å². The number of carbonyl (C=O) groups is 2. The fourth-order valence-electron chi connectivity index (χ4n) is 1.44. The molecule has 0 aliphatic rings. The zero-order valence-corrected chi connectivity index (χ0v) is 10.3. The van der Waals surface area contributed by atoms with Crippen LogP contribution in [0, 0.1) is 0 Å². The van der Waals surface area contributed by atoms with Crippen molar-refractivity contribution < 1.29 is 32.6 Å². The summed E-state index contributed by atoms with van der Waals surface area (Å²) >= 11 is 0. The van der Waals surface area contributed by atoms with Gasteiger partial charge in [0, 0.05) is 12.7 Å². The quantitative estimate of drug-likeness (QED) is 0.732. The largest absolute Gasteiger partial charge is 0.480 e. The minimum Gasteiger partial charge on any atom is -0.480 e. The van der Waals surface area contributed by atoms with Gasteiger partial charge in [0.2, 0.25) is 0 Å². The highest BCUT2D eigenvalue weighted by Crippen LogP contribution is 2.18. The molecule has 0 radical (unpaired) electrons. The van der Waals surface area contributed by atoms with E-state index in [0.29, 0.717) is 0 Å². The fourth-order valence-corrected chi connectivity index (χ4v) is 1.44. The van der Waals surface area contributed by atoms with Crippen LogP contribution < -0.4 is 5.32 Å². The number of carbonyl (C=O) groups excluding carboxylic acids is 1. The summed E-state index contributed by atoms with van der Waals surface area (Å²) in [6, 6.07) is 2.60. The van der Waals surface area contributed by atoms with Gasteiger partial charge in [-0.25, -0.2) is 4.79 Å². The van der Waals surface area contributed by atoms with Crippen LogP contribution >= 0.6 is 0 Å². The Balaban J connectivity index is 2.44. The Morgan fingerprint density at radius 1 is 1.40 bits per heavy atom. The van der Waals surface area contributed by atoms with Crippen LogP contribution in [0.3, 0.4) is 0 Å². The molecule has 6 nitrogen and oxygen atoms in total. The van der Waals surface area contributed by atoms with Crippen LogP contribution in [0.15, 0.2) is 18.3 Å². The van der Waals surface area contributed by atoms with Gasteiger partial charge < -0.3 is 19.7 Å². The maximum atomic E-state index is 12.3. The van der Waals surface area contributed by atoms with E-state index >= 15 is 0 Å². The second-order valence-electron chi connectivity index (χ2n) is 3.84. The van der Waals surface area contributed by atoms with Gasteiger partial charge in [-0.1, -0.05) is 0 Å². The Bertz CT molecular complexity index is 470. The molecule has 1 rings (SSSR count). The summed E-state index contributed by atoms with van der Waals surface area (Å²) in [6.07, 6.45) is -3.26. The smallest absolute Gasteiger partial charge is 0.406 e. The standard InChI is InChI=1S/C11H13F3N2O4/c12-11(13,14)7-16-4-1-2-8(16)10(19)15-3-5-20-6-9(17)18/h1-2,4H,3,5-7H2,(H,15,19)(H,17,18). The lowest BCUT2D eigenvalue weighted by molar-refractivity contribution is -0.142. The van der Waals surface area contributed by atoms with Crippen molar-refractivity contribution in [2.24, 2.45) is 0 Å². The van der Waals surface area contributed by atoms with Crippen LogP contribution in [-0.4, -0.2) is 47.5 Å². The number of aliphatic carboxylic acids is 1. The number of amides is 1. The van der Waals surface area contributed by atoms with Crippen molar-refractivity contribution in [2.45, 2.75) is 12.7 Å². The number of ether oxygens (including phenoxy) is 1. The fraction of sp³-hybridized carbons (Fsp3) is 0.455. The van der Waals surface area contributed by atoms with E-state index in [9.17, 15) is 22.8 Å². The highest BCUT2D eigenvalue weighted by Gasteiger charge is 2.29. The first-order valence-corrected chi connectivity index (χ1v) is 5.59. The summed E-state index contributed by atoms with van der Waals surface area (Å²) in [4.78, 5) is 21.8. The van der Waals surface area contributed by atoms with Crippen molar-refractivity contribution in [3.8, 4) is 0 Å². The van der Waals surface area contributed by atoms with Crippen LogP contribution in [0.4, 0.5) is 13.2 Å². The number of alkyl halides is 3. The second-order valence-corrected chi connectivity index (χ2v) is 3.84. The summed E-state index contributed by atoms with van der Waals surface area (Å²) in [5, 5.41) is 10.6. The van der Waals surface area contributed by atoms with E-state index in [1.54, 1.807) is 0 Å². The second kappa shape index (κ2) is 6.94. The van der Waals surface area contributed by atoms with Crippen molar-refractivity contribution in [3.05, 3.63) is 24.0 Å². The van der Waals surface area contributed by atoms with Gasteiger partial charge in [0.05, 0.1) is 6.61 Å². The Kier molecular flexibility index (Phi) is 5.56. The number of aromatic nitrogens is 1. The number of nitrogens with zero attached hydrogens (tertiary/aromatic N) is 1. The molecule has 20 heavy (non-hydrogen) atoms. The maximum absolute atomic E-state index is 12.3. The number of carboxylic acid groups (broad SMARTS) is 1. The van der Waals surface area contributed by atoms with E-state index in [1.165, 1.54) is 12.1 Å². The van der Waals surface area contributed by atoms with Gasteiger partial charge in [0.1, 0.15) is 18.8 Å². The maximum Gasteiger partial charge on any atom is 0.406 e. The summed E-state index contributed by atoms with van der Waals surface area (Å²) in [5.41, 5.74) is -0.124. The number of hydrogen-bond donors (Lipinski definition) is 2. The van der Waals surface area contributed by atoms with Crippen LogP contribution in [0.5, 0.6) is 0 Å². The lowest BCUT2D eigenvalue weighted by atomic mass is 10.4. The normalized spacial score (nSPS) is 11.3. The molecule has 1 amide bonds. The third kappa shape index (κ3) is 5.74. The topological polar surface area (TPSA) is 80.6 Å². The molecule has 0 unspecified atom stereocenters. The van der Waals surface area contributed by atoms with Gasteiger partial charge >= 0.3 is 12.1 Å². The molecule has 1 aromatic heterocycles. The molecule has 1 heterocycles. The van der Waals surface area contributed by atoms with Gasteiger partial charge in [-0.3, -0.25) is 4.79 Å². The third-order valence-corrected chi connectivity index (χ3v) is 2.17. The molecule has 0 spiro atoms. The Hall–Kier alpha value is -2.03. The minimum atomic E-state index is -4.42. The van der Waals surface area contributed by atoms with E-state index in [2.05, 4.69) is 10.1 Å². The molecular formula is C11H13F3N2O4. The van der Waals surface area contributed by atoms with Gasteiger partial charge in [0.15, 0.2) is 0 Å². The Labute approximate surface area is 112 Å². The van der Waals surface area contributed by atoms with Crippen molar-refractivity contribution in [1.29, 1.82) is 0 Å². The molecule has 9 heteroatoms. The molecule has 112 valence electrons. The predicted molar refractivity (Wildman–Crippen MR) is 61.3 cm³/mol. The monoisotopic (exact) mass is 294 g/mol. The van der Waals surface area contributed by atoms with Crippen LogP contribution in [-0.2, 0) is 16.1 Å². The molecule has 0 fully saturated rings. The first-order valence-electron chi connectivity index (χ1n) is 5.59. The summed E-state index contributed by atoms with van der Waals surface area (Å²) < 4.78 is 42.2. The molecule has 0 aliphatic heterocycles. The average molecular weight is 294 g/mol. The lowest BCUT2D eigenvalue weighted by Gasteiger charge is -2.11. The summed E-state index contributed by atoms with van der Waals surface area (Å²) in [7, 11) is 0. The van der Waals surface area contributed by atoms with Crippen molar-refractivity contribution in [2.75, 3.05) is 19.8 Å². The average Bonchev–Trinajstić information content (AvgIpc) is 2.73. The van der Waals surface area contributed by atoms with E-state index in [0.717, 1.165) is 10.8 Å². The molecule has 0 bridgehead atoms. The van der Waals surface area contributed by atoms with Crippen LogP contribution in [0.2, 0.25) is 0 Å².